The van der Waals surface area contributed by atoms with Gasteiger partial charge in [-0.3, -0.25) is 0 Å². The van der Waals surface area contributed by atoms with Crippen LogP contribution in [-0.4, -0.2) is 23.5 Å². The van der Waals surface area contributed by atoms with Crippen LogP contribution in [0.3, 0.4) is 0 Å². The fraction of sp³-hybridized carbons (Fsp3) is 0.375. The molecule has 0 amide bonds. The van der Waals surface area contributed by atoms with E-state index in [-0.39, 0.29) is 11.5 Å². The Kier molecular flexibility index (Phi) is 2.77. The molecule has 1 aliphatic heterocycles. The average molecular weight is 254 g/mol. The van der Waals surface area contributed by atoms with Crippen molar-refractivity contribution >= 4 is 16.8 Å². The zero-order chi connectivity index (χ0) is 13.5. The highest BCUT2D eigenvalue weighted by atomic mass is 16.5. The van der Waals surface area contributed by atoms with E-state index >= 15 is 0 Å². The maximum atomic E-state index is 5.71. The fourth-order valence-corrected chi connectivity index (χ4v) is 2.14. The van der Waals surface area contributed by atoms with E-state index in [0.29, 0.717) is 12.5 Å². The molecule has 1 aromatic heterocycles. The molecule has 0 spiro atoms. The van der Waals surface area contributed by atoms with Crippen molar-refractivity contribution in [3.63, 3.8) is 0 Å². The maximum absolute atomic E-state index is 5.71. The second kappa shape index (κ2) is 4.34. The highest BCUT2D eigenvalue weighted by Crippen LogP contribution is 2.27. The number of ether oxygens (including phenoxy) is 1. The first-order valence-electron chi connectivity index (χ1n) is 6.61. The van der Waals surface area contributed by atoms with E-state index in [1.165, 1.54) is 0 Å². The van der Waals surface area contributed by atoms with Crippen molar-refractivity contribution in [2.75, 3.05) is 6.61 Å². The predicted molar refractivity (Wildman–Crippen MR) is 77.5 cm³/mol. The van der Waals surface area contributed by atoms with Crippen molar-refractivity contribution in [3.8, 4) is 0 Å². The first-order chi connectivity index (χ1) is 9.04. The molecular weight excluding hydrogens is 236 g/mol. The lowest BCUT2D eigenvalue weighted by atomic mass is 9.88. The normalized spacial score (nSPS) is 19.3. The van der Waals surface area contributed by atoms with Crippen LogP contribution < -0.4 is 0 Å². The highest BCUT2D eigenvalue weighted by Gasteiger charge is 2.31. The van der Waals surface area contributed by atoms with Gasteiger partial charge in [-0.2, -0.15) is 0 Å². The Hall–Kier alpha value is -1.90. The molecule has 1 atom stereocenters. The van der Waals surface area contributed by atoms with Crippen molar-refractivity contribution in [1.82, 2.24) is 4.98 Å². The van der Waals surface area contributed by atoms with Crippen LogP contribution in [0, 0.1) is 5.41 Å². The zero-order valence-corrected chi connectivity index (χ0v) is 11.6. The lowest BCUT2D eigenvalue weighted by molar-refractivity contribution is 0.235. The number of fused-ring (bicyclic) bond motifs is 1. The Morgan fingerprint density at radius 2 is 1.89 bits per heavy atom. The van der Waals surface area contributed by atoms with E-state index < -0.39 is 0 Å². The molecule has 2 aromatic rings. The predicted octanol–water partition coefficient (Wildman–Crippen LogP) is 3.43. The largest absolute Gasteiger partial charge is 0.474 e. The number of aliphatic imine (C=N–C) groups is 1. The number of rotatable bonds is 1. The molecule has 3 rings (SSSR count). The van der Waals surface area contributed by atoms with Crippen LogP contribution in [0.15, 0.2) is 41.4 Å². The quantitative estimate of drug-likeness (QED) is 0.781. The molecule has 3 heteroatoms. The lowest BCUT2D eigenvalue weighted by Crippen LogP contribution is -2.25. The standard InChI is InChI=1S/C16H18N2O/c1-16(2,3)14-10-19-15(18-14)13-9-8-11-6-4-5-7-12(11)17-13/h4-9,14H,10H2,1-3H3/t14-/m0/s1. The monoisotopic (exact) mass is 254 g/mol. The first-order valence-corrected chi connectivity index (χ1v) is 6.61. The second-order valence-corrected chi connectivity index (χ2v) is 6.02. The molecule has 3 nitrogen and oxygen atoms in total. The lowest BCUT2D eigenvalue weighted by Gasteiger charge is -2.21. The summed E-state index contributed by atoms with van der Waals surface area (Å²) < 4.78 is 5.71. The van der Waals surface area contributed by atoms with E-state index in [1.807, 2.05) is 24.3 Å². The van der Waals surface area contributed by atoms with E-state index in [1.54, 1.807) is 0 Å². The summed E-state index contributed by atoms with van der Waals surface area (Å²) in [5.41, 5.74) is 1.93. The molecule has 0 unspecified atom stereocenters. The molecular formula is C16H18N2O. The van der Waals surface area contributed by atoms with Crippen molar-refractivity contribution in [2.45, 2.75) is 26.8 Å². The Bertz CT molecular complexity index is 640. The highest BCUT2D eigenvalue weighted by molar-refractivity contribution is 5.95. The van der Waals surface area contributed by atoms with Crippen LogP contribution in [0.2, 0.25) is 0 Å². The van der Waals surface area contributed by atoms with Gasteiger partial charge in [-0.15, -0.1) is 0 Å². The molecule has 0 bridgehead atoms. The molecule has 0 fully saturated rings. The topological polar surface area (TPSA) is 34.5 Å². The number of nitrogens with zero attached hydrogens (tertiary/aromatic N) is 2. The van der Waals surface area contributed by atoms with Gasteiger partial charge in [0.05, 0.1) is 11.6 Å². The molecule has 1 aromatic carbocycles. The van der Waals surface area contributed by atoms with Crippen LogP contribution in [0.4, 0.5) is 0 Å². The Morgan fingerprint density at radius 1 is 1.11 bits per heavy atom. The number of aromatic nitrogens is 1. The van der Waals surface area contributed by atoms with Crippen LogP contribution in [-0.2, 0) is 4.74 Å². The summed E-state index contributed by atoms with van der Waals surface area (Å²) in [5.74, 6) is 0.672. The van der Waals surface area contributed by atoms with Gasteiger partial charge < -0.3 is 4.74 Å². The minimum Gasteiger partial charge on any atom is -0.474 e. The minimum absolute atomic E-state index is 0.124. The van der Waals surface area contributed by atoms with Crippen molar-refractivity contribution in [1.29, 1.82) is 0 Å². The van der Waals surface area contributed by atoms with Crippen LogP contribution in [0.5, 0.6) is 0 Å². The van der Waals surface area contributed by atoms with Gasteiger partial charge in [-0.1, -0.05) is 45.0 Å². The van der Waals surface area contributed by atoms with Gasteiger partial charge in [0, 0.05) is 5.39 Å². The van der Waals surface area contributed by atoms with E-state index in [0.717, 1.165) is 16.6 Å². The SMILES string of the molecule is CC(C)(C)[C@@H]1COC(c2ccc3ccccc3n2)=N1. The number of benzene rings is 1. The number of para-hydroxylation sites is 1. The molecule has 0 saturated heterocycles. The molecule has 1 aliphatic rings. The van der Waals surface area contributed by atoms with Crippen LogP contribution in [0.25, 0.3) is 10.9 Å². The number of pyridine rings is 1. The number of hydrogen-bond acceptors (Lipinski definition) is 3. The second-order valence-electron chi connectivity index (χ2n) is 6.02. The van der Waals surface area contributed by atoms with Gasteiger partial charge in [-0.05, 0) is 17.5 Å². The summed E-state index contributed by atoms with van der Waals surface area (Å²) in [6.07, 6.45) is 0. The van der Waals surface area contributed by atoms with Crippen molar-refractivity contribution in [2.24, 2.45) is 10.4 Å². The third-order valence-electron chi connectivity index (χ3n) is 3.47. The molecule has 98 valence electrons. The van der Waals surface area contributed by atoms with Gasteiger partial charge in [0.15, 0.2) is 0 Å². The van der Waals surface area contributed by atoms with E-state index in [2.05, 4.69) is 42.9 Å². The summed E-state index contributed by atoms with van der Waals surface area (Å²) in [5, 5.41) is 1.14. The molecule has 0 N–H and O–H groups in total. The van der Waals surface area contributed by atoms with Gasteiger partial charge in [0.2, 0.25) is 5.90 Å². The first kappa shape index (κ1) is 12.2. The van der Waals surface area contributed by atoms with E-state index in [9.17, 15) is 0 Å². The third kappa shape index (κ3) is 2.33. The summed E-state index contributed by atoms with van der Waals surface area (Å²) in [6.45, 7) is 7.19. The molecule has 0 radical (unpaired) electrons. The fourth-order valence-electron chi connectivity index (χ4n) is 2.14. The van der Waals surface area contributed by atoms with Crippen LogP contribution in [0.1, 0.15) is 26.5 Å². The molecule has 0 aliphatic carbocycles. The smallest absolute Gasteiger partial charge is 0.235 e. The van der Waals surface area contributed by atoms with Gasteiger partial charge >= 0.3 is 0 Å². The summed E-state index contributed by atoms with van der Waals surface area (Å²) in [7, 11) is 0. The van der Waals surface area contributed by atoms with Crippen molar-refractivity contribution in [3.05, 3.63) is 42.1 Å². The summed E-state index contributed by atoms with van der Waals surface area (Å²) in [4.78, 5) is 9.29. The molecule has 2 heterocycles. The zero-order valence-electron chi connectivity index (χ0n) is 11.6. The minimum atomic E-state index is 0.124. The number of hydrogen-bond donors (Lipinski definition) is 0. The Balaban J connectivity index is 1.97. The van der Waals surface area contributed by atoms with Gasteiger partial charge in [-0.25, -0.2) is 9.98 Å². The van der Waals surface area contributed by atoms with Crippen molar-refractivity contribution < 1.29 is 4.74 Å². The Morgan fingerprint density at radius 3 is 2.63 bits per heavy atom. The molecule has 19 heavy (non-hydrogen) atoms. The molecule has 0 saturated carbocycles. The average Bonchev–Trinajstić information content (AvgIpc) is 2.87. The summed E-state index contributed by atoms with van der Waals surface area (Å²) in [6, 6.07) is 12.3. The summed E-state index contributed by atoms with van der Waals surface area (Å²) >= 11 is 0. The Labute approximate surface area is 113 Å². The van der Waals surface area contributed by atoms with E-state index in [4.69, 9.17) is 4.74 Å². The maximum Gasteiger partial charge on any atom is 0.235 e. The van der Waals surface area contributed by atoms with Gasteiger partial charge in [0.25, 0.3) is 0 Å². The third-order valence-corrected chi connectivity index (χ3v) is 3.47. The van der Waals surface area contributed by atoms with Gasteiger partial charge in [0.1, 0.15) is 12.3 Å². The van der Waals surface area contributed by atoms with Crippen LogP contribution >= 0.6 is 0 Å².